The third-order valence-electron chi connectivity index (χ3n) is 6.17. The van der Waals surface area contributed by atoms with E-state index in [4.69, 9.17) is 4.98 Å². The Kier molecular flexibility index (Phi) is 4.49. The van der Waals surface area contributed by atoms with E-state index in [-0.39, 0.29) is 16.7 Å². The van der Waals surface area contributed by atoms with Crippen molar-refractivity contribution < 1.29 is 13.5 Å². The second-order valence-corrected chi connectivity index (χ2v) is 9.94. The fourth-order valence-corrected chi connectivity index (χ4v) is 5.94. The number of nitrogens with zero attached hydrogens (tertiary/aromatic N) is 4. The summed E-state index contributed by atoms with van der Waals surface area (Å²) in [6.45, 7) is 1.64. The van der Waals surface area contributed by atoms with Gasteiger partial charge in [-0.05, 0) is 43.3 Å². The molecule has 0 aliphatic carbocycles. The Morgan fingerprint density at radius 2 is 1.82 bits per heavy atom. The van der Waals surface area contributed by atoms with Crippen LogP contribution in [0.25, 0.3) is 33.5 Å². The highest BCUT2D eigenvalue weighted by atomic mass is 32.2. The lowest BCUT2D eigenvalue weighted by Crippen LogP contribution is -2.15. The van der Waals surface area contributed by atoms with Crippen LogP contribution in [0.5, 0.6) is 5.75 Å². The standard InChI is InChI=1S/C24H21N5O3S/c30-21-9-5-4-8-18(21)24-27-20-15-26-23-19(22(20)29(24)16-10-12-25-14-16)11-13-28(23)33(31,32)17-6-2-1-3-7-17/h1-9,11,13,15-16,25,30H,10,12,14H2. The van der Waals surface area contributed by atoms with Crippen molar-refractivity contribution in [1.82, 2.24) is 23.8 Å². The van der Waals surface area contributed by atoms with Crippen molar-refractivity contribution in [3.05, 3.63) is 73.1 Å². The number of hydrogen-bond donors (Lipinski definition) is 2. The van der Waals surface area contributed by atoms with Gasteiger partial charge in [0.1, 0.15) is 17.1 Å². The van der Waals surface area contributed by atoms with Gasteiger partial charge >= 0.3 is 0 Å². The van der Waals surface area contributed by atoms with E-state index in [2.05, 4.69) is 14.9 Å². The first-order chi connectivity index (χ1) is 16.1. The van der Waals surface area contributed by atoms with Gasteiger partial charge in [-0.3, -0.25) is 0 Å². The van der Waals surface area contributed by atoms with Crippen molar-refractivity contribution in [2.24, 2.45) is 0 Å². The minimum absolute atomic E-state index is 0.115. The molecule has 6 rings (SSSR count). The molecule has 8 nitrogen and oxygen atoms in total. The lowest BCUT2D eigenvalue weighted by Gasteiger charge is -2.17. The van der Waals surface area contributed by atoms with Crippen LogP contribution in [0.15, 0.2) is 78.0 Å². The Morgan fingerprint density at radius 3 is 2.58 bits per heavy atom. The molecular weight excluding hydrogens is 438 g/mol. The molecule has 5 aromatic rings. The van der Waals surface area contributed by atoms with Crippen LogP contribution in [-0.2, 0) is 10.0 Å². The number of nitrogens with one attached hydrogen (secondary N) is 1. The highest BCUT2D eigenvalue weighted by molar-refractivity contribution is 7.90. The molecule has 166 valence electrons. The van der Waals surface area contributed by atoms with Crippen LogP contribution >= 0.6 is 0 Å². The minimum atomic E-state index is -3.80. The van der Waals surface area contributed by atoms with E-state index < -0.39 is 10.0 Å². The molecule has 0 radical (unpaired) electrons. The van der Waals surface area contributed by atoms with E-state index in [0.717, 1.165) is 25.0 Å². The summed E-state index contributed by atoms with van der Waals surface area (Å²) in [5, 5.41) is 14.6. The van der Waals surface area contributed by atoms with Gasteiger partial charge < -0.3 is 15.0 Å². The summed E-state index contributed by atoms with van der Waals surface area (Å²) in [5.74, 6) is 0.790. The first-order valence-electron chi connectivity index (χ1n) is 10.7. The predicted octanol–water partition coefficient (Wildman–Crippen LogP) is 3.53. The quantitative estimate of drug-likeness (QED) is 0.426. The molecule has 1 fully saturated rings. The minimum Gasteiger partial charge on any atom is -0.507 e. The fourth-order valence-electron chi connectivity index (χ4n) is 4.62. The highest BCUT2D eigenvalue weighted by Crippen LogP contribution is 2.37. The normalized spacial score (nSPS) is 16.7. The molecular formula is C24H21N5O3S. The first-order valence-corrected chi connectivity index (χ1v) is 12.2. The topological polar surface area (TPSA) is 102 Å². The number of rotatable bonds is 4. The zero-order chi connectivity index (χ0) is 22.6. The number of phenols is 1. The molecule has 2 N–H and O–H groups in total. The third-order valence-corrected chi connectivity index (χ3v) is 7.85. The van der Waals surface area contributed by atoms with Crippen LogP contribution in [0.4, 0.5) is 0 Å². The van der Waals surface area contributed by atoms with Crippen molar-refractivity contribution in [2.45, 2.75) is 17.4 Å². The molecule has 1 saturated heterocycles. The molecule has 9 heteroatoms. The predicted molar refractivity (Wildman–Crippen MR) is 126 cm³/mol. The van der Waals surface area contributed by atoms with Gasteiger partial charge in [-0.2, -0.15) is 0 Å². The summed E-state index contributed by atoms with van der Waals surface area (Å²) in [6, 6.07) is 17.3. The van der Waals surface area contributed by atoms with Crippen LogP contribution in [0.1, 0.15) is 12.5 Å². The molecule has 1 aliphatic rings. The van der Waals surface area contributed by atoms with Crippen LogP contribution < -0.4 is 5.32 Å². The van der Waals surface area contributed by atoms with Crippen molar-refractivity contribution in [3.8, 4) is 17.1 Å². The average molecular weight is 460 g/mol. The molecule has 1 aliphatic heterocycles. The molecule has 33 heavy (non-hydrogen) atoms. The summed E-state index contributed by atoms with van der Waals surface area (Å²) in [5.41, 5.74) is 2.45. The van der Waals surface area contributed by atoms with Crippen molar-refractivity contribution in [3.63, 3.8) is 0 Å². The fraction of sp³-hybridized carbons (Fsp3) is 0.167. The van der Waals surface area contributed by atoms with Gasteiger partial charge in [-0.25, -0.2) is 22.4 Å². The molecule has 2 aromatic carbocycles. The number of para-hydroxylation sites is 1. The van der Waals surface area contributed by atoms with E-state index in [1.165, 1.54) is 3.97 Å². The Morgan fingerprint density at radius 1 is 1.03 bits per heavy atom. The molecule has 3 aromatic heterocycles. The number of imidazole rings is 1. The number of aromatic hydroxyl groups is 1. The van der Waals surface area contributed by atoms with Gasteiger partial charge in [0, 0.05) is 24.2 Å². The molecule has 0 amide bonds. The third kappa shape index (κ3) is 3.04. The summed E-state index contributed by atoms with van der Waals surface area (Å²) >= 11 is 0. The largest absolute Gasteiger partial charge is 0.507 e. The van der Waals surface area contributed by atoms with Crippen molar-refractivity contribution >= 4 is 32.1 Å². The van der Waals surface area contributed by atoms with E-state index in [0.29, 0.717) is 27.9 Å². The smallest absolute Gasteiger partial charge is 0.269 e. The van der Waals surface area contributed by atoms with Crippen LogP contribution in [0.3, 0.4) is 0 Å². The molecule has 0 bridgehead atoms. The molecule has 1 unspecified atom stereocenters. The number of benzene rings is 2. The number of hydrogen-bond acceptors (Lipinski definition) is 6. The Hall–Kier alpha value is -3.69. The van der Waals surface area contributed by atoms with Crippen LogP contribution in [0.2, 0.25) is 0 Å². The first kappa shape index (κ1) is 20.0. The van der Waals surface area contributed by atoms with E-state index >= 15 is 0 Å². The maximum absolute atomic E-state index is 13.3. The van der Waals surface area contributed by atoms with Gasteiger partial charge in [0.25, 0.3) is 10.0 Å². The van der Waals surface area contributed by atoms with Gasteiger partial charge in [-0.15, -0.1) is 0 Å². The number of aromatic nitrogens is 4. The molecule has 1 atom stereocenters. The summed E-state index contributed by atoms with van der Waals surface area (Å²) in [6.07, 6.45) is 4.05. The molecule has 0 saturated carbocycles. The van der Waals surface area contributed by atoms with Gasteiger partial charge in [0.05, 0.1) is 22.2 Å². The zero-order valence-electron chi connectivity index (χ0n) is 17.6. The second kappa shape index (κ2) is 7.43. The van der Waals surface area contributed by atoms with Gasteiger partial charge in [0.2, 0.25) is 0 Å². The number of phenolic OH excluding ortho intramolecular Hbond substituents is 1. The SMILES string of the molecule is O=S(=O)(c1ccccc1)n1ccc2c1ncc1nc(-c3ccccc3O)n(C3CCNC3)c12. The molecule has 4 heterocycles. The number of fused-ring (bicyclic) bond motifs is 3. The number of pyridine rings is 1. The maximum atomic E-state index is 13.3. The highest BCUT2D eigenvalue weighted by Gasteiger charge is 2.27. The summed E-state index contributed by atoms with van der Waals surface area (Å²) in [7, 11) is -3.80. The van der Waals surface area contributed by atoms with Crippen LogP contribution in [-0.4, -0.2) is 45.1 Å². The van der Waals surface area contributed by atoms with Gasteiger partial charge in [-0.1, -0.05) is 30.3 Å². The zero-order valence-corrected chi connectivity index (χ0v) is 18.4. The van der Waals surface area contributed by atoms with Crippen molar-refractivity contribution in [2.75, 3.05) is 13.1 Å². The Labute approximate surface area is 190 Å². The summed E-state index contributed by atoms with van der Waals surface area (Å²) in [4.78, 5) is 9.51. The lowest BCUT2D eigenvalue weighted by atomic mass is 10.1. The van der Waals surface area contributed by atoms with E-state index in [1.807, 2.05) is 12.1 Å². The van der Waals surface area contributed by atoms with Gasteiger partial charge in [0.15, 0.2) is 5.65 Å². The van der Waals surface area contributed by atoms with E-state index in [1.54, 1.807) is 60.9 Å². The average Bonchev–Trinajstić information content (AvgIpc) is 3.57. The lowest BCUT2D eigenvalue weighted by molar-refractivity contribution is 0.475. The maximum Gasteiger partial charge on any atom is 0.269 e. The Balaban J connectivity index is 1.65. The second-order valence-electron chi connectivity index (χ2n) is 8.13. The Bertz CT molecular complexity index is 1600. The van der Waals surface area contributed by atoms with E-state index in [9.17, 15) is 13.5 Å². The summed E-state index contributed by atoms with van der Waals surface area (Å²) < 4.78 is 30.0. The van der Waals surface area contributed by atoms with Crippen LogP contribution in [0, 0.1) is 0 Å². The van der Waals surface area contributed by atoms with Crippen molar-refractivity contribution in [1.29, 1.82) is 0 Å². The monoisotopic (exact) mass is 459 g/mol. The molecule has 0 spiro atoms.